The van der Waals surface area contributed by atoms with E-state index in [4.69, 9.17) is 9.84 Å². The molecule has 0 aromatic heterocycles. The topological polar surface area (TPSA) is 58.6 Å². The predicted octanol–water partition coefficient (Wildman–Crippen LogP) is 0.477. The first-order chi connectivity index (χ1) is 6.29. The second kappa shape index (κ2) is 5.94. The zero-order valence-electron chi connectivity index (χ0n) is 7.79. The second-order valence-corrected chi connectivity index (χ2v) is 3.47. The van der Waals surface area contributed by atoms with Crippen molar-refractivity contribution in [1.29, 1.82) is 0 Å². The number of aliphatic carboxylic acids is 1. The van der Waals surface area contributed by atoms with Gasteiger partial charge in [-0.15, -0.1) is 0 Å². The Kier molecular flexibility index (Phi) is 4.78. The lowest BCUT2D eigenvalue weighted by atomic mass is 10.1. The number of hydrogen-bond donors (Lipinski definition) is 2. The van der Waals surface area contributed by atoms with Crippen LogP contribution in [0.5, 0.6) is 0 Å². The minimum Gasteiger partial charge on any atom is -0.480 e. The number of carboxylic acid groups (broad SMARTS) is 1. The van der Waals surface area contributed by atoms with Gasteiger partial charge in [0, 0.05) is 6.54 Å². The predicted molar refractivity (Wildman–Crippen MR) is 48.7 cm³/mol. The van der Waals surface area contributed by atoms with Crippen molar-refractivity contribution in [2.75, 3.05) is 26.3 Å². The summed E-state index contributed by atoms with van der Waals surface area (Å²) in [4.78, 5) is 10.2. The molecule has 1 rings (SSSR count). The Balaban J connectivity index is 2.08. The maximum atomic E-state index is 10.2. The molecule has 0 radical (unpaired) electrons. The van der Waals surface area contributed by atoms with Crippen molar-refractivity contribution in [3.05, 3.63) is 0 Å². The van der Waals surface area contributed by atoms with Crippen molar-refractivity contribution in [2.24, 2.45) is 5.92 Å². The average molecular weight is 187 g/mol. The van der Waals surface area contributed by atoms with Gasteiger partial charge in [0.15, 0.2) is 0 Å². The Bertz CT molecular complexity index is 153. The van der Waals surface area contributed by atoms with Gasteiger partial charge in [0.2, 0.25) is 0 Å². The molecule has 1 saturated heterocycles. The summed E-state index contributed by atoms with van der Waals surface area (Å²) < 4.78 is 5.05. The molecule has 13 heavy (non-hydrogen) atoms. The lowest BCUT2D eigenvalue weighted by Crippen LogP contribution is -2.24. The van der Waals surface area contributed by atoms with Crippen LogP contribution in [0.25, 0.3) is 0 Å². The third kappa shape index (κ3) is 4.85. The van der Waals surface area contributed by atoms with Gasteiger partial charge in [0.1, 0.15) is 6.61 Å². The van der Waals surface area contributed by atoms with Crippen LogP contribution in [0.3, 0.4) is 0 Å². The number of rotatable bonds is 4. The number of carboxylic acids is 1. The smallest absolute Gasteiger partial charge is 0.329 e. The van der Waals surface area contributed by atoms with E-state index >= 15 is 0 Å². The number of nitrogens with one attached hydrogen (secondary N) is 1. The van der Waals surface area contributed by atoms with E-state index in [1.165, 1.54) is 12.8 Å². The summed E-state index contributed by atoms with van der Waals surface area (Å²) in [5, 5.41) is 11.7. The van der Waals surface area contributed by atoms with Crippen LogP contribution in [0, 0.1) is 5.92 Å². The van der Waals surface area contributed by atoms with Crippen LogP contribution >= 0.6 is 0 Å². The van der Waals surface area contributed by atoms with Crippen molar-refractivity contribution in [3.63, 3.8) is 0 Å². The molecular formula is C9H17NO3. The van der Waals surface area contributed by atoms with Gasteiger partial charge in [0.05, 0.1) is 6.61 Å². The Morgan fingerprint density at radius 3 is 3.15 bits per heavy atom. The lowest BCUT2D eigenvalue weighted by Gasteiger charge is -2.12. The van der Waals surface area contributed by atoms with Gasteiger partial charge in [0.25, 0.3) is 0 Å². The van der Waals surface area contributed by atoms with E-state index in [0.717, 1.165) is 19.5 Å². The van der Waals surface area contributed by atoms with Crippen LogP contribution in [-0.4, -0.2) is 37.4 Å². The molecule has 0 spiro atoms. The van der Waals surface area contributed by atoms with Crippen molar-refractivity contribution < 1.29 is 14.6 Å². The number of hydrogen-bond acceptors (Lipinski definition) is 3. The Labute approximate surface area is 78.3 Å². The van der Waals surface area contributed by atoms with Crippen molar-refractivity contribution in [2.45, 2.75) is 19.3 Å². The quantitative estimate of drug-likeness (QED) is 0.672. The highest BCUT2D eigenvalue weighted by Crippen LogP contribution is 2.11. The zero-order valence-corrected chi connectivity index (χ0v) is 7.79. The van der Waals surface area contributed by atoms with Crippen LogP contribution < -0.4 is 5.32 Å². The molecule has 0 aromatic rings. The van der Waals surface area contributed by atoms with Crippen molar-refractivity contribution in [1.82, 2.24) is 5.32 Å². The van der Waals surface area contributed by atoms with Gasteiger partial charge in [-0.2, -0.15) is 0 Å². The van der Waals surface area contributed by atoms with Gasteiger partial charge < -0.3 is 15.2 Å². The van der Waals surface area contributed by atoms with E-state index in [-0.39, 0.29) is 6.61 Å². The zero-order chi connectivity index (χ0) is 9.52. The largest absolute Gasteiger partial charge is 0.480 e. The molecule has 1 unspecified atom stereocenters. The van der Waals surface area contributed by atoms with Gasteiger partial charge in [-0.1, -0.05) is 6.42 Å². The maximum absolute atomic E-state index is 10.2. The summed E-state index contributed by atoms with van der Waals surface area (Å²) in [5.74, 6) is -0.400. The standard InChI is InChI=1S/C9H17NO3/c11-9(12)7-13-6-8-3-1-2-4-10-5-8/h8,10H,1-7H2,(H,11,12). The summed E-state index contributed by atoms with van der Waals surface area (Å²) in [6.45, 7) is 2.44. The minimum absolute atomic E-state index is 0.170. The Morgan fingerprint density at radius 1 is 1.54 bits per heavy atom. The fourth-order valence-electron chi connectivity index (χ4n) is 1.55. The molecule has 1 atom stereocenters. The molecule has 0 saturated carbocycles. The van der Waals surface area contributed by atoms with E-state index in [1.54, 1.807) is 0 Å². The van der Waals surface area contributed by atoms with Gasteiger partial charge in [-0.3, -0.25) is 0 Å². The number of carbonyl (C=O) groups is 1. The van der Waals surface area contributed by atoms with Gasteiger partial charge in [-0.05, 0) is 25.3 Å². The van der Waals surface area contributed by atoms with E-state index in [0.29, 0.717) is 12.5 Å². The Hall–Kier alpha value is -0.610. The highest BCUT2D eigenvalue weighted by Gasteiger charge is 2.12. The third-order valence-electron chi connectivity index (χ3n) is 2.23. The lowest BCUT2D eigenvalue weighted by molar-refractivity contribution is -0.142. The molecule has 1 heterocycles. The molecule has 4 nitrogen and oxygen atoms in total. The van der Waals surface area contributed by atoms with Gasteiger partial charge >= 0.3 is 5.97 Å². The molecule has 1 aliphatic heterocycles. The molecule has 2 N–H and O–H groups in total. The average Bonchev–Trinajstić information content (AvgIpc) is 2.32. The second-order valence-electron chi connectivity index (χ2n) is 3.47. The van der Waals surface area contributed by atoms with Crippen LogP contribution in [0.15, 0.2) is 0 Å². The SMILES string of the molecule is O=C(O)COCC1CCCCNC1. The Morgan fingerprint density at radius 2 is 2.38 bits per heavy atom. The van der Waals surface area contributed by atoms with Crippen molar-refractivity contribution >= 4 is 5.97 Å². The van der Waals surface area contributed by atoms with Crippen LogP contribution in [0.1, 0.15) is 19.3 Å². The summed E-state index contributed by atoms with van der Waals surface area (Å²) in [7, 11) is 0. The molecule has 0 aromatic carbocycles. The summed E-state index contributed by atoms with van der Waals surface area (Å²) in [6, 6.07) is 0. The van der Waals surface area contributed by atoms with E-state index in [2.05, 4.69) is 5.32 Å². The summed E-state index contributed by atoms with van der Waals surface area (Å²) in [5.41, 5.74) is 0. The molecule has 1 fully saturated rings. The van der Waals surface area contributed by atoms with Crippen LogP contribution in [-0.2, 0) is 9.53 Å². The fourth-order valence-corrected chi connectivity index (χ4v) is 1.55. The third-order valence-corrected chi connectivity index (χ3v) is 2.23. The van der Waals surface area contributed by atoms with Crippen LogP contribution in [0.2, 0.25) is 0 Å². The molecular weight excluding hydrogens is 170 g/mol. The van der Waals surface area contributed by atoms with E-state index in [9.17, 15) is 4.79 Å². The monoisotopic (exact) mass is 187 g/mol. The molecule has 1 aliphatic rings. The minimum atomic E-state index is -0.887. The first-order valence-electron chi connectivity index (χ1n) is 4.79. The maximum Gasteiger partial charge on any atom is 0.329 e. The highest BCUT2D eigenvalue weighted by molar-refractivity contribution is 5.67. The normalized spacial score (nSPS) is 23.8. The summed E-state index contributed by atoms with van der Waals surface area (Å²) >= 11 is 0. The fraction of sp³-hybridized carbons (Fsp3) is 0.889. The van der Waals surface area contributed by atoms with Crippen LogP contribution in [0.4, 0.5) is 0 Å². The van der Waals surface area contributed by atoms with Gasteiger partial charge in [-0.25, -0.2) is 4.79 Å². The molecule has 0 aliphatic carbocycles. The molecule has 0 bridgehead atoms. The molecule has 0 amide bonds. The van der Waals surface area contributed by atoms with E-state index in [1.807, 2.05) is 0 Å². The molecule has 76 valence electrons. The first-order valence-corrected chi connectivity index (χ1v) is 4.79. The molecule has 4 heteroatoms. The summed E-state index contributed by atoms with van der Waals surface area (Å²) in [6.07, 6.45) is 3.58. The highest BCUT2D eigenvalue weighted by atomic mass is 16.5. The van der Waals surface area contributed by atoms with E-state index < -0.39 is 5.97 Å². The van der Waals surface area contributed by atoms with Crippen molar-refractivity contribution in [3.8, 4) is 0 Å². The first kappa shape index (κ1) is 10.5. The number of ether oxygens (including phenoxy) is 1.